The van der Waals surface area contributed by atoms with Crippen molar-refractivity contribution in [3.63, 3.8) is 0 Å². The van der Waals surface area contributed by atoms with Gasteiger partial charge >= 0.3 is 258 Å². The molecule has 0 aromatic heterocycles. The SMILES string of the molecule is Cc1cc(C)c(N2CCN(c3c(C)cc(C)cc3C)[C]2=[Ru]([Cl])([Cl])=[CH]c2ccc(OC(C)C)cc2OC(C)C)c(C)c1. The van der Waals surface area contributed by atoms with Crippen LogP contribution in [0.4, 0.5) is 11.4 Å². The molecule has 0 unspecified atom stereocenters. The standard InChI is InChI=1S/C21H26N2.C13H18O2.2ClH.Ru/c1-14-9-16(3)20(17(4)10-14)22-7-8-23(13-22)21-18(5)11-15(2)12-19(21)6;1-9(2)14-12-7-6-11(5)13(8-12)15-10(3)4;;;/h9-12H,7-8H2,1-6H3;5-10H,1-4H3;2*1H;/q;;;;+2/p-2. The van der Waals surface area contributed by atoms with Crippen LogP contribution in [-0.2, 0) is 11.9 Å². The van der Waals surface area contributed by atoms with Crippen LogP contribution in [0.5, 0.6) is 11.5 Å². The topological polar surface area (TPSA) is 24.9 Å². The molecule has 7 heteroatoms. The molecule has 1 heterocycles. The van der Waals surface area contributed by atoms with Gasteiger partial charge in [-0.05, 0) is 0 Å². The summed E-state index contributed by atoms with van der Waals surface area (Å²) in [7, 11) is 15.3. The van der Waals surface area contributed by atoms with Crippen molar-refractivity contribution >= 4 is 39.7 Å². The molecular weight excluding hydrogens is 640 g/mol. The zero-order valence-electron chi connectivity index (χ0n) is 26.0. The summed E-state index contributed by atoms with van der Waals surface area (Å²) < 4.78 is 15.3. The first-order valence-corrected chi connectivity index (χ1v) is 20.5. The monoisotopic (exact) mass is 684 g/mol. The van der Waals surface area contributed by atoms with E-state index in [4.69, 9.17) is 28.9 Å². The first kappa shape index (κ1) is 31.7. The van der Waals surface area contributed by atoms with Gasteiger partial charge in [-0.2, -0.15) is 0 Å². The van der Waals surface area contributed by atoms with E-state index in [2.05, 4.69) is 80.2 Å². The number of benzene rings is 3. The molecule has 3 aromatic rings. The number of rotatable bonds is 7. The Morgan fingerprint density at radius 3 is 1.54 bits per heavy atom. The Morgan fingerprint density at radius 2 is 1.12 bits per heavy atom. The van der Waals surface area contributed by atoms with E-state index in [9.17, 15) is 0 Å². The van der Waals surface area contributed by atoms with Gasteiger partial charge in [0.1, 0.15) is 0 Å². The summed E-state index contributed by atoms with van der Waals surface area (Å²) in [6, 6.07) is 14.9. The van der Waals surface area contributed by atoms with Crippen molar-refractivity contribution in [2.45, 2.75) is 81.4 Å². The third kappa shape index (κ3) is 7.07. The Hall–Kier alpha value is -2.20. The fraction of sp³-hybridized carbons (Fsp3) is 0.412. The van der Waals surface area contributed by atoms with Crippen molar-refractivity contribution in [2.75, 3.05) is 22.9 Å². The van der Waals surface area contributed by atoms with Crippen LogP contribution in [0.25, 0.3) is 0 Å². The Morgan fingerprint density at radius 1 is 0.683 bits per heavy atom. The van der Waals surface area contributed by atoms with Gasteiger partial charge in [-0.1, -0.05) is 0 Å². The summed E-state index contributed by atoms with van der Waals surface area (Å²) in [5.74, 6) is 1.49. The van der Waals surface area contributed by atoms with Gasteiger partial charge in [0.2, 0.25) is 0 Å². The molecule has 3 aromatic carbocycles. The van der Waals surface area contributed by atoms with Crippen LogP contribution in [0.3, 0.4) is 0 Å². The zero-order valence-corrected chi connectivity index (χ0v) is 29.3. The molecule has 0 bridgehead atoms. The van der Waals surface area contributed by atoms with E-state index in [-0.39, 0.29) is 12.2 Å². The molecule has 0 amide bonds. The van der Waals surface area contributed by atoms with Crippen LogP contribution < -0.4 is 19.3 Å². The number of hydrogen-bond donors (Lipinski definition) is 0. The molecule has 4 nitrogen and oxygen atoms in total. The van der Waals surface area contributed by atoms with Gasteiger partial charge in [-0.25, -0.2) is 0 Å². The third-order valence-electron chi connectivity index (χ3n) is 6.96. The summed E-state index contributed by atoms with van der Waals surface area (Å²) in [5, 5.41) is 0. The van der Waals surface area contributed by atoms with Gasteiger partial charge in [0, 0.05) is 0 Å². The summed E-state index contributed by atoms with van der Waals surface area (Å²) in [5.41, 5.74) is 10.7. The Balaban J connectivity index is 2.03. The first-order chi connectivity index (χ1) is 19.2. The summed E-state index contributed by atoms with van der Waals surface area (Å²) in [6.07, 6.45) is 0.0521. The molecule has 4 rings (SSSR count). The molecule has 0 aliphatic carbocycles. The molecule has 1 aliphatic heterocycles. The van der Waals surface area contributed by atoms with Crippen LogP contribution >= 0.6 is 19.4 Å². The van der Waals surface area contributed by atoms with Crippen molar-refractivity contribution in [3.8, 4) is 11.5 Å². The molecule has 0 radical (unpaired) electrons. The second kappa shape index (κ2) is 12.6. The van der Waals surface area contributed by atoms with E-state index >= 15 is 0 Å². The molecule has 0 atom stereocenters. The van der Waals surface area contributed by atoms with Gasteiger partial charge in [-0.15, -0.1) is 0 Å². The third-order valence-corrected chi connectivity index (χ3v) is 12.4. The molecule has 0 spiro atoms. The number of anilines is 2. The second-order valence-electron chi connectivity index (χ2n) is 11.6. The average Bonchev–Trinajstić information content (AvgIpc) is 3.23. The quantitative estimate of drug-likeness (QED) is 0.232. The first-order valence-electron chi connectivity index (χ1n) is 14.2. The predicted molar refractivity (Wildman–Crippen MR) is 176 cm³/mol. The molecular formula is C34H44Cl2N2O2Ru. The van der Waals surface area contributed by atoms with Gasteiger partial charge in [0.15, 0.2) is 0 Å². The number of aryl methyl sites for hydroxylation is 6. The van der Waals surface area contributed by atoms with E-state index in [0.29, 0.717) is 0 Å². The van der Waals surface area contributed by atoms with Gasteiger partial charge in [0.25, 0.3) is 0 Å². The Kier molecular flexibility index (Phi) is 9.74. The van der Waals surface area contributed by atoms with E-state index in [1.165, 1.54) is 44.8 Å². The number of hydrogen-bond acceptors (Lipinski definition) is 4. The van der Waals surface area contributed by atoms with E-state index in [1.54, 1.807) is 0 Å². The minimum atomic E-state index is -3.71. The van der Waals surface area contributed by atoms with Gasteiger partial charge in [0.05, 0.1) is 0 Å². The number of halogens is 2. The van der Waals surface area contributed by atoms with Crippen LogP contribution in [0.1, 0.15) is 66.6 Å². The van der Waals surface area contributed by atoms with Crippen molar-refractivity contribution in [1.82, 2.24) is 0 Å². The van der Waals surface area contributed by atoms with Crippen molar-refractivity contribution in [2.24, 2.45) is 0 Å². The normalized spacial score (nSPS) is 14.3. The fourth-order valence-electron chi connectivity index (χ4n) is 5.86. The van der Waals surface area contributed by atoms with Crippen molar-refractivity contribution in [3.05, 3.63) is 81.4 Å². The van der Waals surface area contributed by atoms with Crippen molar-refractivity contribution in [1.29, 1.82) is 0 Å². The molecule has 1 fully saturated rings. The van der Waals surface area contributed by atoms with Crippen molar-refractivity contribution < 1.29 is 21.4 Å². The summed E-state index contributed by atoms with van der Waals surface area (Å²) in [6.45, 7) is 22.7. The van der Waals surface area contributed by atoms with E-state index in [1.807, 2.05) is 45.9 Å². The van der Waals surface area contributed by atoms with E-state index < -0.39 is 11.9 Å². The molecule has 1 aliphatic rings. The zero-order chi connectivity index (χ0) is 30.2. The molecule has 0 N–H and O–H groups in total. The predicted octanol–water partition coefficient (Wildman–Crippen LogP) is 8.84. The van der Waals surface area contributed by atoms with Crippen LogP contribution in [0.15, 0.2) is 42.5 Å². The van der Waals surface area contributed by atoms with Gasteiger partial charge < -0.3 is 0 Å². The van der Waals surface area contributed by atoms with Gasteiger partial charge in [-0.3, -0.25) is 0 Å². The molecule has 224 valence electrons. The summed E-state index contributed by atoms with van der Waals surface area (Å²) in [4.78, 5) is 4.76. The maximum atomic E-state index is 7.64. The maximum absolute atomic E-state index is 7.64. The molecule has 0 saturated carbocycles. The molecule has 41 heavy (non-hydrogen) atoms. The Bertz CT molecular complexity index is 1460. The van der Waals surface area contributed by atoms with Crippen LogP contribution in [-0.4, -0.2) is 34.3 Å². The average molecular weight is 685 g/mol. The Labute approximate surface area is 257 Å². The fourth-order valence-corrected chi connectivity index (χ4v) is 11.9. The second-order valence-corrected chi connectivity index (χ2v) is 20.9. The summed E-state index contributed by atoms with van der Waals surface area (Å²) >= 11 is -3.71. The number of ether oxygens (including phenoxy) is 2. The van der Waals surface area contributed by atoms with Crippen LogP contribution in [0.2, 0.25) is 0 Å². The van der Waals surface area contributed by atoms with Crippen LogP contribution in [0, 0.1) is 41.5 Å². The molecule has 1 saturated heterocycles. The minimum absolute atomic E-state index is 0.00949. The van der Waals surface area contributed by atoms with E-state index in [0.717, 1.165) is 34.5 Å². The number of nitrogens with zero attached hydrogens (tertiary/aromatic N) is 2.